The van der Waals surface area contributed by atoms with Gasteiger partial charge >= 0.3 is 0 Å². The van der Waals surface area contributed by atoms with Gasteiger partial charge in [0.15, 0.2) is 0 Å². The summed E-state index contributed by atoms with van der Waals surface area (Å²) in [5.74, 6) is 0.628. The molecule has 1 amide bonds. The zero-order valence-corrected chi connectivity index (χ0v) is 13.7. The Bertz CT molecular complexity index is 726. The van der Waals surface area contributed by atoms with Gasteiger partial charge < -0.3 is 14.9 Å². The third-order valence-electron chi connectivity index (χ3n) is 4.04. The van der Waals surface area contributed by atoms with Gasteiger partial charge in [0.05, 0.1) is 18.9 Å². The minimum atomic E-state index is -0.590. The van der Waals surface area contributed by atoms with Crippen molar-refractivity contribution in [1.82, 2.24) is 5.32 Å². The normalized spacial score (nSPS) is 17.6. The van der Waals surface area contributed by atoms with Gasteiger partial charge in [0.2, 0.25) is 6.10 Å². The molecule has 5 nitrogen and oxygen atoms in total. The molecule has 2 aromatic rings. The van der Waals surface area contributed by atoms with Crippen LogP contribution in [0.15, 0.2) is 59.8 Å². The highest BCUT2D eigenvalue weighted by molar-refractivity contribution is 6.04. The van der Waals surface area contributed by atoms with Crippen LogP contribution < -0.4 is 10.1 Å². The van der Waals surface area contributed by atoms with Crippen LogP contribution in [-0.4, -0.2) is 24.8 Å². The Kier molecular flexibility index (Phi) is 4.79. The number of hydrogen-bond acceptors (Lipinski definition) is 4. The monoisotopic (exact) mass is 324 g/mol. The summed E-state index contributed by atoms with van der Waals surface area (Å²) < 4.78 is 5.14. The second-order valence-corrected chi connectivity index (χ2v) is 5.71. The Balaban J connectivity index is 1.58. The number of hydrogen-bond donors (Lipinski definition) is 1. The van der Waals surface area contributed by atoms with Gasteiger partial charge in [-0.25, -0.2) is 0 Å². The lowest BCUT2D eigenvalue weighted by molar-refractivity contribution is -0.131. The van der Waals surface area contributed by atoms with Gasteiger partial charge in [-0.15, -0.1) is 0 Å². The smallest absolute Gasteiger partial charge is 0.264 e. The summed E-state index contributed by atoms with van der Waals surface area (Å²) in [4.78, 5) is 17.7. The number of nitrogens with zero attached hydrogens (tertiary/aromatic N) is 1. The summed E-state index contributed by atoms with van der Waals surface area (Å²) in [6.07, 6.45) is -0.132. The SMILES string of the molecule is COc1ccc(C2=NO[C@H](C(=O)N[C@H](C)c3ccccc3)C2)cc1. The second-order valence-electron chi connectivity index (χ2n) is 5.71. The fourth-order valence-corrected chi connectivity index (χ4v) is 2.60. The van der Waals surface area contributed by atoms with Crippen molar-refractivity contribution in [3.05, 3.63) is 65.7 Å². The number of benzene rings is 2. The van der Waals surface area contributed by atoms with E-state index in [1.807, 2.05) is 61.5 Å². The third-order valence-corrected chi connectivity index (χ3v) is 4.04. The maximum absolute atomic E-state index is 12.4. The Morgan fingerprint density at radius 3 is 2.58 bits per heavy atom. The molecule has 0 radical (unpaired) electrons. The molecule has 0 bridgehead atoms. The van der Waals surface area contributed by atoms with E-state index in [4.69, 9.17) is 9.57 Å². The number of ether oxygens (including phenoxy) is 1. The number of nitrogens with one attached hydrogen (secondary N) is 1. The molecule has 124 valence electrons. The van der Waals surface area contributed by atoms with Crippen molar-refractivity contribution in [1.29, 1.82) is 0 Å². The molecule has 0 aliphatic carbocycles. The molecule has 0 saturated carbocycles. The van der Waals surface area contributed by atoms with Crippen LogP contribution in [0.1, 0.15) is 30.5 Å². The Hall–Kier alpha value is -2.82. The fraction of sp³-hybridized carbons (Fsp3) is 0.263. The molecule has 5 heteroatoms. The van der Waals surface area contributed by atoms with Crippen molar-refractivity contribution in [3.8, 4) is 5.75 Å². The highest BCUT2D eigenvalue weighted by Crippen LogP contribution is 2.20. The van der Waals surface area contributed by atoms with Crippen LogP contribution in [0.2, 0.25) is 0 Å². The van der Waals surface area contributed by atoms with Crippen molar-refractivity contribution in [3.63, 3.8) is 0 Å². The molecular formula is C19H20N2O3. The van der Waals surface area contributed by atoms with Crippen LogP contribution in [0.5, 0.6) is 5.75 Å². The van der Waals surface area contributed by atoms with E-state index in [-0.39, 0.29) is 11.9 Å². The molecule has 0 saturated heterocycles. The number of amides is 1. The molecule has 0 spiro atoms. The van der Waals surface area contributed by atoms with E-state index in [0.717, 1.165) is 22.6 Å². The van der Waals surface area contributed by atoms with E-state index < -0.39 is 6.10 Å². The maximum Gasteiger partial charge on any atom is 0.264 e. The largest absolute Gasteiger partial charge is 0.497 e. The molecule has 0 aromatic heterocycles. The average Bonchev–Trinajstić information content (AvgIpc) is 3.13. The lowest BCUT2D eigenvalue weighted by Gasteiger charge is -2.16. The zero-order valence-electron chi connectivity index (χ0n) is 13.7. The second kappa shape index (κ2) is 7.17. The minimum absolute atomic E-state index is 0.0765. The highest BCUT2D eigenvalue weighted by atomic mass is 16.6. The summed E-state index contributed by atoms with van der Waals surface area (Å²) in [5, 5.41) is 7.03. The first-order valence-corrected chi connectivity index (χ1v) is 7.90. The molecule has 1 aliphatic heterocycles. The summed E-state index contributed by atoms with van der Waals surface area (Å²) in [6.45, 7) is 1.95. The Morgan fingerprint density at radius 1 is 1.21 bits per heavy atom. The van der Waals surface area contributed by atoms with E-state index >= 15 is 0 Å². The summed E-state index contributed by atoms with van der Waals surface area (Å²) in [6, 6.07) is 17.3. The van der Waals surface area contributed by atoms with Gasteiger partial charge in [0.25, 0.3) is 5.91 Å². The first-order valence-electron chi connectivity index (χ1n) is 7.90. The van der Waals surface area contributed by atoms with Crippen LogP contribution in [0, 0.1) is 0 Å². The molecule has 0 fully saturated rings. The van der Waals surface area contributed by atoms with Crippen molar-refractivity contribution in [2.45, 2.75) is 25.5 Å². The predicted molar refractivity (Wildman–Crippen MR) is 92.0 cm³/mol. The molecule has 2 aromatic carbocycles. The van der Waals surface area contributed by atoms with Gasteiger partial charge in [0, 0.05) is 6.42 Å². The number of carbonyl (C=O) groups excluding carboxylic acids is 1. The number of carbonyl (C=O) groups is 1. The maximum atomic E-state index is 12.4. The van der Waals surface area contributed by atoms with Crippen molar-refractivity contribution in [2.24, 2.45) is 5.16 Å². The van der Waals surface area contributed by atoms with Gasteiger partial charge in [-0.05, 0) is 42.3 Å². The molecule has 3 rings (SSSR count). The van der Waals surface area contributed by atoms with E-state index in [1.54, 1.807) is 7.11 Å². The van der Waals surface area contributed by atoms with Gasteiger partial charge in [-0.1, -0.05) is 35.5 Å². The van der Waals surface area contributed by atoms with E-state index in [2.05, 4.69) is 10.5 Å². The quantitative estimate of drug-likeness (QED) is 0.919. The molecule has 2 atom stereocenters. The summed E-state index contributed by atoms with van der Waals surface area (Å²) >= 11 is 0. The zero-order chi connectivity index (χ0) is 16.9. The van der Waals surface area contributed by atoms with E-state index in [9.17, 15) is 4.79 Å². The topological polar surface area (TPSA) is 59.9 Å². The lowest BCUT2D eigenvalue weighted by atomic mass is 10.0. The van der Waals surface area contributed by atoms with Crippen molar-refractivity contribution in [2.75, 3.05) is 7.11 Å². The summed E-state index contributed by atoms with van der Waals surface area (Å²) in [7, 11) is 1.62. The first-order chi connectivity index (χ1) is 11.7. The van der Waals surface area contributed by atoms with Crippen LogP contribution >= 0.6 is 0 Å². The van der Waals surface area contributed by atoms with Gasteiger partial charge in [0.1, 0.15) is 5.75 Å². The molecule has 0 unspecified atom stereocenters. The number of methoxy groups -OCH3 is 1. The Morgan fingerprint density at radius 2 is 1.92 bits per heavy atom. The lowest BCUT2D eigenvalue weighted by Crippen LogP contribution is -2.36. The predicted octanol–water partition coefficient (Wildman–Crippen LogP) is 3.07. The molecular weight excluding hydrogens is 304 g/mol. The molecule has 1 aliphatic rings. The van der Waals surface area contributed by atoms with Crippen LogP contribution in [0.4, 0.5) is 0 Å². The molecule has 1 heterocycles. The van der Waals surface area contributed by atoms with E-state index in [1.165, 1.54) is 0 Å². The third kappa shape index (κ3) is 3.56. The van der Waals surface area contributed by atoms with Gasteiger partial charge in [-0.2, -0.15) is 0 Å². The molecule has 1 N–H and O–H groups in total. The van der Waals surface area contributed by atoms with Crippen molar-refractivity contribution >= 4 is 11.6 Å². The van der Waals surface area contributed by atoms with Gasteiger partial charge in [-0.3, -0.25) is 4.79 Å². The van der Waals surface area contributed by atoms with E-state index in [0.29, 0.717) is 6.42 Å². The first kappa shape index (κ1) is 16.1. The highest BCUT2D eigenvalue weighted by Gasteiger charge is 2.29. The van der Waals surface area contributed by atoms with Crippen molar-refractivity contribution < 1.29 is 14.4 Å². The van der Waals surface area contributed by atoms with Crippen LogP contribution in [0.3, 0.4) is 0 Å². The number of oxime groups is 1. The van der Waals surface area contributed by atoms with Crippen LogP contribution in [0.25, 0.3) is 0 Å². The number of rotatable bonds is 5. The molecule has 24 heavy (non-hydrogen) atoms. The Labute approximate surface area is 141 Å². The summed E-state index contributed by atoms with van der Waals surface area (Å²) in [5.41, 5.74) is 2.76. The average molecular weight is 324 g/mol. The fourth-order valence-electron chi connectivity index (χ4n) is 2.60. The standard InChI is InChI=1S/C19H20N2O3/c1-13(14-6-4-3-5-7-14)20-19(22)18-12-17(21-24-18)15-8-10-16(23-2)11-9-15/h3-11,13,18H,12H2,1-2H3,(H,20,22)/t13-,18+/m1/s1. The minimum Gasteiger partial charge on any atom is -0.497 e. The van der Waals surface area contributed by atoms with Crippen LogP contribution in [-0.2, 0) is 9.63 Å².